The summed E-state index contributed by atoms with van der Waals surface area (Å²) < 4.78 is 16.1. The lowest BCUT2D eigenvalue weighted by Crippen LogP contribution is -2.42. The van der Waals surface area contributed by atoms with Crippen molar-refractivity contribution in [3.63, 3.8) is 0 Å². The number of halogens is 1. The molecule has 158 valence electrons. The average Bonchev–Trinajstić information content (AvgIpc) is 2.78. The number of benzene rings is 2. The molecule has 0 bridgehead atoms. The average molecular weight is 432 g/mol. The van der Waals surface area contributed by atoms with Crippen LogP contribution in [0.5, 0.6) is 11.5 Å². The van der Waals surface area contributed by atoms with Gasteiger partial charge >= 0.3 is 0 Å². The molecule has 2 amide bonds. The molecule has 2 aromatic carbocycles. The summed E-state index contributed by atoms with van der Waals surface area (Å²) in [6, 6.07) is 13.7. The van der Waals surface area contributed by atoms with Gasteiger partial charge in [0.1, 0.15) is 11.5 Å². The maximum absolute atomic E-state index is 12.1. The van der Waals surface area contributed by atoms with Crippen LogP contribution >= 0.6 is 11.6 Å². The largest absolute Gasteiger partial charge is 0.484 e. The number of amides is 2. The first-order valence-corrected chi connectivity index (χ1v) is 9.76. The molecule has 0 saturated carbocycles. The predicted octanol–water partition coefficient (Wildman–Crippen LogP) is 2.11. The van der Waals surface area contributed by atoms with Crippen molar-refractivity contribution in [3.8, 4) is 11.5 Å². The summed E-state index contributed by atoms with van der Waals surface area (Å²) in [4.78, 5) is 25.6. The van der Waals surface area contributed by atoms with Gasteiger partial charge in [0.25, 0.3) is 11.8 Å². The Hall–Kier alpha value is -3.10. The molecular formula is C21H22ClN3O5. The zero-order valence-corrected chi connectivity index (χ0v) is 17.0. The minimum atomic E-state index is -0.386. The zero-order valence-electron chi connectivity index (χ0n) is 16.3. The van der Waals surface area contributed by atoms with E-state index < -0.39 is 0 Å². The maximum Gasteiger partial charge on any atom is 0.277 e. The molecule has 3 rings (SSSR count). The molecule has 0 aliphatic carbocycles. The Balaban J connectivity index is 1.37. The zero-order chi connectivity index (χ0) is 21.2. The number of carbonyl (C=O) groups excluding carboxylic acids is 2. The molecule has 30 heavy (non-hydrogen) atoms. The van der Waals surface area contributed by atoms with Crippen molar-refractivity contribution < 1.29 is 23.8 Å². The van der Waals surface area contributed by atoms with Gasteiger partial charge in [-0.2, -0.15) is 5.10 Å². The molecule has 1 fully saturated rings. The highest BCUT2D eigenvalue weighted by molar-refractivity contribution is 6.30. The van der Waals surface area contributed by atoms with E-state index in [9.17, 15) is 9.59 Å². The highest BCUT2D eigenvalue weighted by Crippen LogP contribution is 2.15. The molecule has 8 nitrogen and oxygen atoms in total. The first-order valence-electron chi connectivity index (χ1n) is 9.39. The summed E-state index contributed by atoms with van der Waals surface area (Å²) in [5.41, 5.74) is 3.16. The van der Waals surface area contributed by atoms with E-state index in [0.717, 1.165) is 5.56 Å². The second kappa shape index (κ2) is 11.2. The highest BCUT2D eigenvalue weighted by atomic mass is 35.5. The molecule has 2 aromatic rings. The number of hydrazone groups is 1. The normalized spacial score (nSPS) is 13.8. The molecule has 1 heterocycles. The number of nitrogens with one attached hydrogen (secondary N) is 1. The van der Waals surface area contributed by atoms with E-state index in [1.807, 2.05) is 0 Å². The van der Waals surface area contributed by atoms with Crippen LogP contribution in [0, 0.1) is 0 Å². The van der Waals surface area contributed by atoms with Crippen LogP contribution in [0.3, 0.4) is 0 Å². The summed E-state index contributed by atoms with van der Waals surface area (Å²) in [6.07, 6.45) is 1.50. The van der Waals surface area contributed by atoms with Gasteiger partial charge in [-0.3, -0.25) is 9.59 Å². The predicted molar refractivity (Wildman–Crippen MR) is 112 cm³/mol. The van der Waals surface area contributed by atoms with Crippen LogP contribution in [0.1, 0.15) is 5.56 Å². The van der Waals surface area contributed by atoms with Crippen LogP contribution in [0.2, 0.25) is 5.02 Å². The number of ether oxygens (including phenoxy) is 3. The lowest BCUT2D eigenvalue weighted by molar-refractivity contribution is -0.137. The summed E-state index contributed by atoms with van der Waals surface area (Å²) in [6.45, 7) is 2.12. The van der Waals surface area contributed by atoms with E-state index in [1.165, 1.54) is 6.21 Å². The van der Waals surface area contributed by atoms with Crippen molar-refractivity contribution in [2.45, 2.75) is 0 Å². The lowest BCUT2D eigenvalue weighted by Gasteiger charge is -2.26. The molecule has 0 atom stereocenters. The Labute approximate surface area is 179 Å². The van der Waals surface area contributed by atoms with E-state index in [1.54, 1.807) is 53.4 Å². The van der Waals surface area contributed by atoms with Gasteiger partial charge in [0.15, 0.2) is 13.2 Å². The Morgan fingerprint density at radius 3 is 2.27 bits per heavy atom. The number of rotatable bonds is 8. The highest BCUT2D eigenvalue weighted by Gasteiger charge is 2.17. The number of hydrogen-bond donors (Lipinski definition) is 1. The number of nitrogens with zero attached hydrogens (tertiary/aromatic N) is 2. The van der Waals surface area contributed by atoms with Gasteiger partial charge in [0, 0.05) is 18.1 Å². The summed E-state index contributed by atoms with van der Waals surface area (Å²) >= 11 is 5.79. The third-order valence-electron chi connectivity index (χ3n) is 4.19. The fraction of sp³-hybridized carbons (Fsp3) is 0.286. The topological polar surface area (TPSA) is 89.5 Å². The summed E-state index contributed by atoms with van der Waals surface area (Å²) in [7, 11) is 0. The molecule has 9 heteroatoms. The minimum absolute atomic E-state index is 0.0168. The molecule has 1 aliphatic rings. The summed E-state index contributed by atoms with van der Waals surface area (Å²) in [5.74, 6) is 0.672. The quantitative estimate of drug-likeness (QED) is 0.510. The van der Waals surface area contributed by atoms with Crippen LogP contribution in [0.4, 0.5) is 0 Å². The second-order valence-corrected chi connectivity index (χ2v) is 6.82. The monoisotopic (exact) mass is 431 g/mol. The molecule has 1 N–H and O–H groups in total. The Bertz CT molecular complexity index is 865. The Morgan fingerprint density at radius 1 is 1.00 bits per heavy atom. The molecule has 1 saturated heterocycles. The van der Waals surface area contributed by atoms with Gasteiger partial charge in [-0.1, -0.05) is 11.6 Å². The molecular weight excluding hydrogens is 410 g/mol. The van der Waals surface area contributed by atoms with Crippen molar-refractivity contribution in [1.82, 2.24) is 10.3 Å². The van der Waals surface area contributed by atoms with Crippen molar-refractivity contribution in [3.05, 3.63) is 59.1 Å². The smallest absolute Gasteiger partial charge is 0.277 e. The van der Waals surface area contributed by atoms with Crippen LogP contribution in [0.15, 0.2) is 53.6 Å². The molecule has 1 aliphatic heterocycles. The van der Waals surface area contributed by atoms with Crippen LogP contribution < -0.4 is 14.9 Å². The van der Waals surface area contributed by atoms with Crippen molar-refractivity contribution in [2.24, 2.45) is 5.10 Å². The minimum Gasteiger partial charge on any atom is -0.484 e. The third kappa shape index (κ3) is 7.06. The first-order chi connectivity index (χ1) is 14.6. The van der Waals surface area contributed by atoms with Gasteiger partial charge in [-0.25, -0.2) is 5.43 Å². The van der Waals surface area contributed by atoms with Crippen LogP contribution in [-0.2, 0) is 14.3 Å². The fourth-order valence-corrected chi connectivity index (χ4v) is 2.72. The first kappa shape index (κ1) is 21.6. The van der Waals surface area contributed by atoms with E-state index in [4.69, 9.17) is 25.8 Å². The van der Waals surface area contributed by atoms with Gasteiger partial charge in [0.2, 0.25) is 0 Å². The maximum atomic E-state index is 12.1. The van der Waals surface area contributed by atoms with Gasteiger partial charge in [-0.15, -0.1) is 0 Å². The van der Waals surface area contributed by atoms with Crippen molar-refractivity contribution in [1.29, 1.82) is 0 Å². The standard InChI is InChI=1S/C21H22ClN3O5/c22-17-3-7-19(8-4-17)29-14-20(26)24-23-13-16-1-5-18(6-2-16)30-15-21(27)25-9-11-28-12-10-25/h1-8,13H,9-12,14-15H2,(H,24,26)/b23-13-. The van der Waals surface area contributed by atoms with E-state index in [0.29, 0.717) is 42.8 Å². The molecule has 0 aromatic heterocycles. The van der Waals surface area contributed by atoms with Crippen LogP contribution in [0.25, 0.3) is 0 Å². The fourth-order valence-electron chi connectivity index (χ4n) is 2.59. The number of hydrogen-bond acceptors (Lipinski definition) is 6. The number of carbonyl (C=O) groups is 2. The van der Waals surface area contributed by atoms with E-state index in [2.05, 4.69) is 10.5 Å². The van der Waals surface area contributed by atoms with E-state index in [-0.39, 0.29) is 25.0 Å². The van der Waals surface area contributed by atoms with Gasteiger partial charge in [0.05, 0.1) is 19.4 Å². The van der Waals surface area contributed by atoms with Crippen molar-refractivity contribution in [2.75, 3.05) is 39.5 Å². The van der Waals surface area contributed by atoms with Gasteiger partial charge in [-0.05, 0) is 54.1 Å². The SMILES string of the molecule is O=C(COc1ccc(Cl)cc1)N/N=C\c1ccc(OCC(=O)N2CCOCC2)cc1. The van der Waals surface area contributed by atoms with Gasteiger partial charge < -0.3 is 19.1 Å². The lowest BCUT2D eigenvalue weighted by atomic mass is 10.2. The van der Waals surface area contributed by atoms with Crippen molar-refractivity contribution >= 4 is 29.6 Å². The molecule has 0 unspecified atom stereocenters. The van der Waals surface area contributed by atoms with E-state index >= 15 is 0 Å². The Kier molecular flexibility index (Phi) is 8.05. The molecule has 0 spiro atoms. The van der Waals surface area contributed by atoms with Crippen LogP contribution in [-0.4, -0.2) is 62.4 Å². The Morgan fingerprint density at radius 2 is 1.60 bits per heavy atom. The third-order valence-corrected chi connectivity index (χ3v) is 4.44. The number of morpholine rings is 1. The second-order valence-electron chi connectivity index (χ2n) is 6.39. The molecule has 0 radical (unpaired) electrons. The summed E-state index contributed by atoms with van der Waals surface area (Å²) in [5, 5.41) is 4.49.